The van der Waals surface area contributed by atoms with Crippen molar-refractivity contribution < 1.29 is 8.78 Å². The number of nitrogens with zero attached hydrogens (tertiary/aromatic N) is 2. The van der Waals surface area contributed by atoms with Crippen molar-refractivity contribution in [2.75, 3.05) is 0 Å². The Hall–Kier alpha value is -1.97. The monoisotopic (exact) mass is 392 g/mol. The summed E-state index contributed by atoms with van der Waals surface area (Å²) in [5.74, 6) is -1.01. The normalized spacial score (nSPS) is 12.3. The van der Waals surface area contributed by atoms with Crippen molar-refractivity contribution in [2.24, 2.45) is 0 Å². The molecule has 0 fully saturated rings. The molecule has 0 N–H and O–H groups in total. The number of halogens is 2. The Kier molecular flexibility index (Phi) is 5.44. The molecule has 0 saturated heterocycles. The summed E-state index contributed by atoms with van der Waals surface area (Å²) in [6.07, 6.45) is 5.32. The van der Waals surface area contributed by atoms with Crippen molar-refractivity contribution in [3.8, 4) is 0 Å². The number of hydrogen-bond donors (Lipinski definition) is 0. The average Bonchev–Trinajstić information content (AvgIpc) is 3.06. The summed E-state index contributed by atoms with van der Waals surface area (Å²) < 4.78 is 29.4. The van der Waals surface area contributed by atoms with Gasteiger partial charge in [-0.1, -0.05) is 0 Å². The van der Waals surface area contributed by atoms with Gasteiger partial charge in [0.1, 0.15) is 0 Å². The number of aryl methyl sites for hydroxylation is 1. The molecular weight excluding hydrogens is 373 g/mol. The van der Waals surface area contributed by atoms with Crippen molar-refractivity contribution in [2.45, 2.75) is 23.6 Å². The summed E-state index contributed by atoms with van der Waals surface area (Å²) in [4.78, 5) is 4.07. The van der Waals surface area contributed by atoms with E-state index >= 15 is 0 Å². The van der Waals surface area contributed by atoms with Gasteiger partial charge in [0.2, 0.25) is 0 Å². The van der Waals surface area contributed by atoms with Crippen LogP contribution in [0.2, 0.25) is 0 Å². The van der Waals surface area contributed by atoms with Crippen LogP contribution < -0.4 is 0 Å². The van der Waals surface area contributed by atoms with Crippen LogP contribution in [0, 0.1) is 18.6 Å². The van der Waals surface area contributed by atoms with Crippen LogP contribution in [0.25, 0.3) is 0 Å². The van der Waals surface area contributed by atoms with E-state index in [0.717, 1.165) is 11.4 Å². The molecule has 5 heteroatoms. The molecule has 2 aromatic carbocycles. The van der Waals surface area contributed by atoms with Gasteiger partial charge in [-0.15, -0.1) is 0 Å². The van der Waals surface area contributed by atoms with Crippen LogP contribution in [0.5, 0.6) is 0 Å². The van der Waals surface area contributed by atoms with Gasteiger partial charge < -0.3 is 0 Å². The maximum absolute atomic E-state index is 14.3. The Morgan fingerprint density at radius 1 is 1.12 bits per heavy atom. The van der Waals surface area contributed by atoms with Gasteiger partial charge in [0.05, 0.1) is 0 Å². The SMILES string of the molecule is Cc1ccc(C[Se]C(Cn2ccnc2)c2ccc(F)cc2F)cc1. The second-order valence-electron chi connectivity index (χ2n) is 5.71. The number of rotatable bonds is 6. The molecule has 0 amide bonds. The molecule has 1 aromatic heterocycles. The zero-order valence-electron chi connectivity index (χ0n) is 13.3. The van der Waals surface area contributed by atoms with E-state index in [1.807, 2.05) is 10.8 Å². The zero-order valence-corrected chi connectivity index (χ0v) is 15.0. The first-order chi connectivity index (χ1) is 11.6. The van der Waals surface area contributed by atoms with Gasteiger partial charge in [-0.2, -0.15) is 0 Å². The fourth-order valence-corrected chi connectivity index (χ4v) is 5.06. The summed E-state index contributed by atoms with van der Waals surface area (Å²) in [6.45, 7) is 2.71. The Morgan fingerprint density at radius 3 is 2.58 bits per heavy atom. The van der Waals surface area contributed by atoms with Gasteiger partial charge in [-0.25, -0.2) is 0 Å². The molecule has 0 aliphatic carbocycles. The predicted octanol–water partition coefficient (Wildman–Crippen LogP) is 4.12. The summed E-state index contributed by atoms with van der Waals surface area (Å²) in [5, 5.41) is 0.906. The van der Waals surface area contributed by atoms with Crippen LogP contribution in [0.15, 0.2) is 61.2 Å². The molecule has 124 valence electrons. The third-order valence-corrected chi connectivity index (χ3v) is 6.56. The second kappa shape index (κ2) is 7.73. The van der Waals surface area contributed by atoms with Crippen LogP contribution in [-0.4, -0.2) is 24.5 Å². The molecular formula is C19H18F2N2Se. The molecule has 1 unspecified atom stereocenters. The summed E-state index contributed by atoms with van der Waals surface area (Å²) in [6, 6.07) is 12.3. The Labute approximate surface area is 146 Å². The van der Waals surface area contributed by atoms with E-state index in [1.54, 1.807) is 18.6 Å². The summed E-state index contributed by atoms with van der Waals surface area (Å²) in [7, 11) is 0. The Bertz CT molecular complexity index is 786. The maximum atomic E-state index is 14.3. The van der Waals surface area contributed by atoms with E-state index < -0.39 is 11.6 Å². The molecule has 3 rings (SSSR count). The fraction of sp³-hybridized carbons (Fsp3) is 0.211. The van der Waals surface area contributed by atoms with E-state index in [4.69, 9.17) is 0 Å². The minimum absolute atomic E-state index is 0.0219. The molecule has 0 bridgehead atoms. The minimum atomic E-state index is -0.538. The quantitative estimate of drug-likeness (QED) is 0.578. The van der Waals surface area contributed by atoms with Crippen molar-refractivity contribution in [3.05, 3.63) is 89.5 Å². The van der Waals surface area contributed by atoms with Crippen molar-refractivity contribution in [3.63, 3.8) is 0 Å². The molecule has 0 saturated carbocycles. The number of aromatic nitrogens is 2. The molecule has 24 heavy (non-hydrogen) atoms. The topological polar surface area (TPSA) is 17.8 Å². The van der Waals surface area contributed by atoms with Crippen LogP contribution in [0.4, 0.5) is 8.78 Å². The van der Waals surface area contributed by atoms with Crippen LogP contribution in [0.3, 0.4) is 0 Å². The molecule has 0 radical (unpaired) electrons. The third-order valence-electron chi connectivity index (χ3n) is 3.82. The number of benzene rings is 2. The fourth-order valence-electron chi connectivity index (χ4n) is 2.47. The van der Waals surface area contributed by atoms with Crippen LogP contribution in [-0.2, 0) is 11.9 Å². The third kappa shape index (κ3) is 4.31. The molecule has 2 nitrogen and oxygen atoms in total. The van der Waals surface area contributed by atoms with Gasteiger partial charge in [-0.3, -0.25) is 0 Å². The standard InChI is InChI=1S/C19H18F2N2Se/c1-14-2-4-15(5-3-14)12-24-19(11-23-9-8-22-13-23)17-7-6-16(20)10-18(17)21/h2-10,13,19H,11-12H2,1H3. The number of hydrogen-bond acceptors (Lipinski definition) is 1. The van der Waals surface area contributed by atoms with E-state index in [-0.39, 0.29) is 19.8 Å². The molecule has 1 heterocycles. The van der Waals surface area contributed by atoms with Crippen molar-refractivity contribution in [1.82, 2.24) is 9.55 Å². The zero-order chi connectivity index (χ0) is 16.9. The first-order valence-corrected chi connectivity index (χ1v) is 9.89. The van der Waals surface area contributed by atoms with E-state index in [9.17, 15) is 8.78 Å². The van der Waals surface area contributed by atoms with Gasteiger partial charge in [-0.05, 0) is 0 Å². The van der Waals surface area contributed by atoms with Crippen LogP contribution in [0.1, 0.15) is 21.5 Å². The Morgan fingerprint density at radius 2 is 1.92 bits per heavy atom. The molecule has 0 spiro atoms. The van der Waals surface area contributed by atoms with Crippen LogP contribution >= 0.6 is 0 Å². The van der Waals surface area contributed by atoms with E-state index in [1.165, 1.54) is 17.2 Å². The van der Waals surface area contributed by atoms with Crippen molar-refractivity contribution >= 4 is 15.0 Å². The van der Waals surface area contributed by atoms with Crippen molar-refractivity contribution in [1.29, 1.82) is 0 Å². The first-order valence-electron chi connectivity index (χ1n) is 7.69. The van der Waals surface area contributed by atoms with Gasteiger partial charge in [0.15, 0.2) is 0 Å². The van der Waals surface area contributed by atoms with E-state index in [0.29, 0.717) is 12.1 Å². The number of imidazole rings is 1. The second-order valence-corrected chi connectivity index (χ2v) is 8.21. The van der Waals surface area contributed by atoms with Gasteiger partial charge in [0, 0.05) is 0 Å². The van der Waals surface area contributed by atoms with Gasteiger partial charge in [0.25, 0.3) is 0 Å². The molecule has 1 atom stereocenters. The van der Waals surface area contributed by atoms with Gasteiger partial charge >= 0.3 is 146 Å². The Balaban J connectivity index is 1.80. The molecule has 3 aromatic rings. The predicted molar refractivity (Wildman–Crippen MR) is 92.0 cm³/mol. The first kappa shape index (κ1) is 16.9. The van der Waals surface area contributed by atoms with E-state index in [2.05, 4.69) is 36.2 Å². The molecule has 0 aliphatic rings. The summed E-state index contributed by atoms with van der Waals surface area (Å²) in [5.41, 5.74) is 3.06. The molecule has 0 aliphatic heterocycles. The summed E-state index contributed by atoms with van der Waals surface area (Å²) >= 11 is 0.137. The average molecular weight is 391 g/mol.